The molecule has 0 aliphatic rings. The molecule has 3 rings (SSSR count). The Morgan fingerprint density at radius 3 is 2.40 bits per heavy atom. The van der Waals surface area contributed by atoms with Crippen molar-refractivity contribution in [3.8, 4) is 5.75 Å². The molecule has 0 bridgehead atoms. The summed E-state index contributed by atoms with van der Waals surface area (Å²) in [5, 5.41) is 3.50. The topological polar surface area (TPSA) is 38.3 Å². The Morgan fingerprint density at radius 1 is 0.967 bits per heavy atom. The normalized spacial score (nSPS) is 10.8. The van der Waals surface area contributed by atoms with E-state index in [9.17, 15) is 4.79 Å². The van der Waals surface area contributed by atoms with Gasteiger partial charge in [0.15, 0.2) is 0 Å². The van der Waals surface area contributed by atoms with Crippen LogP contribution in [0.3, 0.4) is 0 Å². The number of carbonyl (C=O) groups excluding carboxylic acids is 1. The Kier molecular flexibility index (Phi) is 7.92. The third-order valence-electron chi connectivity index (χ3n) is 5.00. The van der Waals surface area contributed by atoms with Crippen LogP contribution in [0, 0.1) is 0 Å². The van der Waals surface area contributed by atoms with Crippen molar-refractivity contribution in [2.75, 3.05) is 6.54 Å². The van der Waals surface area contributed by atoms with Gasteiger partial charge in [0.25, 0.3) is 5.91 Å². The fourth-order valence-corrected chi connectivity index (χ4v) is 3.37. The van der Waals surface area contributed by atoms with Gasteiger partial charge in [-0.3, -0.25) is 4.79 Å². The summed E-state index contributed by atoms with van der Waals surface area (Å²) in [6, 6.07) is 23.7. The van der Waals surface area contributed by atoms with Crippen LogP contribution in [0.1, 0.15) is 53.2 Å². The first-order valence-corrected chi connectivity index (χ1v) is 10.7. The zero-order chi connectivity index (χ0) is 21.3. The summed E-state index contributed by atoms with van der Waals surface area (Å²) in [6.07, 6.45) is 1.79. The molecule has 3 aromatic carbocycles. The number of ether oxygens (including phenoxy) is 1. The summed E-state index contributed by atoms with van der Waals surface area (Å²) in [5.74, 6) is 0.898. The highest BCUT2D eigenvalue weighted by Gasteiger charge is 2.13. The molecule has 0 aliphatic heterocycles. The van der Waals surface area contributed by atoms with Crippen molar-refractivity contribution < 1.29 is 9.53 Å². The summed E-state index contributed by atoms with van der Waals surface area (Å²) < 4.78 is 5.89. The first kappa shape index (κ1) is 21.9. The summed E-state index contributed by atoms with van der Waals surface area (Å²) in [7, 11) is 0. The molecule has 0 spiro atoms. The van der Waals surface area contributed by atoms with Crippen LogP contribution in [0.25, 0.3) is 0 Å². The fourth-order valence-electron chi connectivity index (χ4n) is 3.20. The molecule has 0 aromatic heterocycles. The van der Waals surface area contributed by atoms with E-state index in [2.05, 4.69) is 43.4 Å². The van der Waals surface area contributed by atoms with Gasteiger partial charge < -0.3 is 10.1 Å². The summed E-state index contributed by atoms with van der Waals surface area (Å²) in [6.45, 7) is 5.38. The molecule has 0 radical (unpaired) electrons. The number of rotatable bonds is 9. The molecule has 3 nitrogen and oxygen atoms in total. The molecule has 0 aliphatic carbocycles. The Balaban J connectivity index is 1.53. The molecular formula is C26H28ClNO2. The molecule has 4 heteroatoms. The minimum atomic E-state index is -0.171. The Hall–Kier alpha value is -2.78. The van der Waals surface area contributed by atoms with Gasteiger partial charge in [0.2, 0.25) is 0 Å². The van der Waals surface area contributed by atoms with E-state index in [1.54, 1.807) is 18.2 Å². The van der Waals surface area contributed by atoms with E-state index in [0.717, 1.165) is 18.4 Å². The molecule has 0 unspecified atom stereocenters. The van der Waals surface area contributed by atoms with Gasteiger partial charge in [0.1, 0.15) is 12.4 Å². The molecule has 1 N–H and O–H groups in total. The minimum absolute atomic E-state index is 0.171. The third-order valence-corrected chi connectivity index (χ3v) is 5.23. The van der Waals surface area contributed by atoms with Crippen molar-refractivity contribution >= 4 is 17.5 Å². The van der Waals surface area contributed by atoms with Crippen LogP contribution in [-0.4, -0.2) is 12.5 Å². The lowest BCUT2D eigenvalue weighted by Gasteiger charge is -2.13. The summed E-state index contributed by atoms with van der Waals surface area (Å²) >= 11 is 6.12. The Bertz CT molecular complexity index is 953. The number of benzene rings is 3. The zero-order valence-corrected chi connectivity index (χ0v) is 18.3. The van der Waals surface area contributed by atoms with Crippen molar-refractivity contribution in [2.24, 2.45) is 0 Å². The Labute approximate surface area is 184 Å². The third kappa shape index (κ3) is 6.36. The van der Waals surface area contributed by atoms with E-state index >= 15 is 0 Å². The number of aryl methyl sites for hydroxylation is 1. The summed E-state index contributed by atoms with van der Waals surface area (Å²) in [5.41, 5.74) is 4.13. The maximum atomic E-state index is 12.7. The number of amides is 1. The quantitative estimate of drug-likeness (QED) is 0.405. The molecule has 1 amide bonds. The lowest BCUT2D eigenvalue weighted by atomic mass is 10.0. The predicted molar refractivity (Wildman–Crippen MR) is 123 cm³/mol. The van der Waals surface area contributed by atoms with E-state index in [1.807, 2.05) is 30.3 Å². The van der Waals surface area contributed by atoms with Crippen LogP contribution in [0.15, 0.2) is 72.8 Å². The number of nitrogens with one attached hydrogen (secondary N) is 1. The number of halogens is 1. The standard InChI is InChI=1S/C26H28ClNO2/c1-19(2)22-12-10-20(11-13-22)9-6-16-28-26(29)24-17-23(27)14-15-25(24)30-18-21-7-4-3-5-8-21/h3-5,7-8,10-15,17,19H,6,9,16,18H2,1-2H3,(H,28,29). The Morgan fingerprint density at radius 2 is 1.70 bits per heavy atom. The molecule has 0 atom stereocenters. The largest absolute Gasteiger partial charge is 0.488 e. The molecule has 0 saturated carbocycles. The predicted octanol–water partition coefficient (Wildman–Crippen LogP) is 6.41. The number of hydrogen-bond donors (Lipinski definition) is 1. The fraction of sp³-hybridized carbons (Fsp3) is 0.269. The second kappa shape index (κ2) is 10.8. The van der Waals surface area contributed by atoms with Gasteiger partial charge in [-0.2, -0.15) is 0 Å². The van der Waals surface area contributed by atoms with E-state index in [4.69, 9.17) is 16.3 Å². The molecule has 3 aromatic rings. The highest BCUT2D eigenvalue weighted by Crippen LogP contribution is 2.24. The van der Waals surface area contributed by atoms with Crippen LogP contribution in [0.4, 0.5) is 0 Å². The van der Waals surface area contributed by atoms with Gasteiger partial charge in [-0.25, -0.2) is 0 Å². The van der Waals surface area contributed by atoms with Crippen LogP contribution in [0.2, 0.25) is 5.02 Å². The van der Waals surface area contributed by atoms with Crippen molar-refractivity contribution in [2.45, 2.75) is 39.2 Å². The van der Waals surface area contributed by atoms with Crippen molar-refractivity contribution in [1.29, 1.82) is 0 Å². The van der Waals surface area contributed by atoms with E-state index in [-0.39, 0.29) is 5.91 Å². The van der Waals surface area contributed by atoms with Crippen LogP contribution in [0.5, 0.6) is 5.75 Å². The first-order chi connectivity index (χ1) is 14.5. The average molecular weight is 422 g/mol. The molecule has 0 fully saturated rings. The zero-order valence-electron chi connectivity index (χ0n) is 17.5. The molecule has 30 heavy (non-hydrogen) atoms. The minimum Gasteiger partial charge on any atom is -0.488 e. The smallest absolute Gasteiger partial charge is 0.255 e. The molecular weight excluding hydrogens is 394 g/mol. The van der Waals surface area contributed by atoms with Crippen LogP contribution < -0.4 is 10.1 Å². The van der Waals surface area contributed by atoms with E-state index in [1.165, 1.54) is 11.1 Å². The molecule has 156 valence electrons. The van der Waals surface area contributed by atoms with Gasteiger partial charge in [0, 0.05) is 11.6 Å². The highest BCUT2D eigenvalue weighted by molar-refractivity contribution is 6.31. The van der Waals surface area contributed by atoms with Gasteiger partial charge >= 0.3 is 0 Å². The van der Waals surface area contributed by atoms with E-state index in [0.29, 0.717) is 35.4 Å². The van der Waals surface area contributed by atoms with Crippen LogP contribution in [-0.2, 0) is 13.0 Å². The van der Waals surface area contributed by atoms with Gasteiger partial charge in [-0.1, -0.05) is 80.0 Å². The maximum Gasteiger partial charge on any atom is 0.255 e. The summed E-state index contributed by atoms with van der Waals surface area (Å²) in [4.78, 5) is 12.7. The maximum absolute atomic E-state index is 12.7. The number of carbonyl (C=O) groups is 1. The SMILES string of the molecule is CC(C)c1ccc(CCCNC(=O)c2cc(Cl)ccc2OCc2ccccc2)cc1. The van der Waals surface area contributed by atoms with E-state index < -0.39 is 0 Å². The average Bonchev–Trinajstić information content (AvgIpc) is 2.76. The highest BCUT2D eigenvalue weighted by atomic mass is 35.5. The van der Waals surface area contributed by atoms with Gasteiger partial charge in [-0.05, 0) is 53.6 Å². The monoisotopic (exact) mass is 421 g/mol. The lowest BCUT2D eigenvalue weighted by molar-refractivity contribution is 0.0948. The lowest BCUT2D eigenvalue weighted by Crippen LogP contribution is -2.25. The number of hydrogen-bond acceptors (Lipinski definition) is 2. The van der Waals surface area contributed by atoms with Crippen molar-refractivity contribution in [1.82, 2.24) is 5.32 Å². The van der Waals surface area contributed by atoms with Gasteiger partial charge in [-0.15, -0.1) is 0 Å². The molecule has 0 saturated heterocycles. The second-order valence-corrected chi connectivity index (χ2v) is 8.11. The first-order valence-electron chi connectivity index (χ1n) is 10.4. The van der Waals surface area contributed by atoms with Gasteiger partial charge in [0.05, 0.1) is 5.56 Å². The molecule has 0 heterocycles. The van der Waals surface area contributed by atoms with Crippen molar-refractivity contribution in [3.63, 3.8) is 0 Å². The second-order valence-electron chi connectivity index (χ2n) is 7.67. The van der Waals surface area contributed by atoms with Crippen molar-refractivity contribution in [3.05, 3.63) is 100 Å². The van der Waals surface area contributed by atoms with Crippen LogP contribution >= 0.6 is 11.6 Å².